The molecule has 1 aliphatic rings. The molecule has 0 radical (unpaired) electrons. The lowest BCUT2D eigenvalue weighted by atomic mass is 10.1. The number of nitrogens with zero attached hydrogens (tertiary/aromatic N) is 4. The zero-order chi connectivity index (χ0) is 20.3. The molecule has 0 amide bonds. The van der Waals surface area contributed by atoms with Gasteiger partial charge in [0, 0.05) is 37.8 Å². The molecule has 0 unspecified atom stereocenters. The fourth-order valence-corrected chi connectivity index (χ4v) is 4.99. The second-order valence-corrected chi connectivity index (χ2v) is 9.22. The van der Waals surface area contributed by atoms with Gasteiger partial charge >= 0.3 is 0 Å². The third kappa shape index (κ3) is 4.63. The molecular formula is C22H24N4O2S. The summed E-state index contributed by atoms with van der Waals surface area (Å²) in [6, 6.07) is 19.5. The average molecular weight is 409 g/mol. The van der Waals surface area contributed by atoms with Crippen LogP contribution in [-0.2, 0) is 15.8 Å². The number of anilines is 1. The minimum absolute atomic E-state index is 0.0406. The lowest BCUT2D eigenvalue weighted by Gasteiger charge is -2.34. The van der Waals surface area contributed by atoms with Gasteiger partial charge in [0.25, 0.3) is 0 Å². The molecule has 6 nitrogen and oxygen atoms in total. The third-order valence-corrected chi connectivity index (χ3v) is 7.00. The monoisotopic (exact) mass is 408 g/mol. The Hall–Kier alpha value is -2.77. The van der Waals surface area contributed by atoms with Crippen LogP contribution in [0.15, 0.2) is 67.0 Å². The lowest BCUT2D eigenvalue weighted by molar-refractivity contribution is 0.383. The van der Waals surface area contributed by atoms with Crippen molar-refractivity contribution in [3.63, 3.8) is 0 Å². The molecule has 1 saturated heterocycles. The van der Waals surface area contributed by atoms with Gasteiger partial charge in [0.2, 0.25) is 10.0 Å². The van der Waals surface area contributed by atoms with Crippen molar-refractivity contribution in [2.75, 3.05) is 31.1 Å². The Balaban J connectivity index is 1.43. The molecule has 1 fully saturated rings. The molecule has 0 spiro atoms. The molecule has 1 aliphatic heterocycles. The van der Waals surface area contributed by atoms with Crippen LogP contribution in [-0.4, -0.2) is 48.9 Å². The molecule has 0 saturated carbocycles. The maximum Gasteiger partial charge on any atom is 0.218 e. The fourth-order valence-electron chi connectivity index (χ4n) is 3.47. The molecule has 2 heterocycles. The predicted octanol–water partition coefficient (Wildman–Crippen LogP) is 3.10. The van der Waals surface area contributed by atoms with Crippen LogP contribution in [0.5, 0.6) is 0 Å². The first-order valence-corrected chi connectivity index (χ1v) is 11.3. The number of rotatable bonds is 5. The van der Waals surface area contributed by atoms with Crippen LogP contribution in [0.2, 0.25) is 0 Å². The number of benzene rings is 2. The molecule has 0 aliphatic carbocycles. The minimum Gasteiger partial charge on any atom is -0.354 e. The highest BCUT2D eigenvalue weighted by Gasteiger charge is 2.27. The number of aryl methyl sites for hydroxylation is 1. The number of sulfonamides is 1. The lowest BCUT2D eigenvalue weighted by Crippen LogP contribution is -2.49. The van der Waals surface area contributed by atoms with E-state index in [1.165, 1.54) is 5.56 Å². The van der Waals surface area contributed by atoms with Crippen LogP contribution >= 0.6 is 0 Å². The maximum absolute atomic E-state index is 12.7. The largest absolute Gasteiger partial charge is 0.354 e. The van der Waals surface area contributed by atoms with Gasteiger partial charge in [-0.2, -0.15) is 4.31 Å². The average Bonchev–Trinajstić information content (AvgIpc) is 2.75. The van der Waals surface area contributed by atoms with Crippen molar-refractivity contribution in [1.29, 1.82) is 0 Å². The SMILES string of the molecule is Cc1ccc(-c2cc(N3CCN(S(=O)(=O)Cc4ccccc4)CC3)ncn2)cc1. The van der Waals surface area contributed by atoms with Gasteiger partial charge in [-0.25, -0.2) is 18.4 Å². The van der Waals surface area contributed by atoms with Crippen molar-refractivity contribution in [2.45, 2.75) is 12.7 Å². The molecule has 7 heteroatoms. The van der Waals surface area contributed by atoms with E-state index in [9.17, 15) is 8.42 Å². The maximum atomic E-state index is 12.7. The number of hydrogen-bond acceptors (Lipinski definition) is 5. The smallest absolute Gasteiger partial charge is 0.218 e. The Labute approximate surface area is 171 Å². The summed E-state index contributed by atoms with van der Waals surface area (Å²) in [4.78, 5) is 10.9. The van der Waals surface area contributed by atoms with Crippen molar-refractivity contribution >= 4 is 15.8 Å². The fraction of sp³-hybridized carbons (Fsp3) is 0.273. The quantitative estimate of drug-likeness (QED) is 0.649. The molecule has 0 N–H and O–H groups in total. The Morgan fingerprint density at radius 3 is 2.28 bits per heavy atom. The first-order chi connectivity index (χ1) is 14.0. The first kappa shape index (κ1) is 19.5. The Kier molecular flexibility index (Phi) is 5.60. The van der Waals surface area contributed by atoms with Gasteiger partial charge in [-0.1, -0.05) is 60.2 Å². The highest BCUT2D eigenvalue weighted by molar-refractivity contribution is 7.88. The molecule has 29 heavy (non-hydrogen) atoms. The van der Waals surface area contributed by atoms with Gasteiger partial charge in [-0.05, 0) is 12.5 Å². The number of aromatic nitrogens is 2. The van der Waals surface area contributed by atoms with Crippen LogP contribution in [0.25, 0.3) is 11.3 Å². The van der Waals surface area contributed by atoms with Crippen molar-refractivity contribution in [3.05, 3.63) is 78.1 Å². The van der Waals surface area contributed by atoms with E-state index in [1.807, 2.05) is 36.4 Å². The molecule has 1 aromatic heterocycles. The normalized spacial score (nSPS) is 15.4. The molecule has 0 atom stereocenters. The van der Waals surface area contributed by atoms with E-state index in [0.29, 0.717) is 26.2 Å². The highest BCUT2D eigenvalue weighted by atomic mass is 32.2. The van der Waals surface area contributed by atoms with Gasteiger partial charge in [-0.15, -0.1) is 0 Å². The number of hydrogen-bond donors (Lipinski definition) is 0. The molecule has 3 aromatic rings. The van der Waals surface area contributed by atoms with E-state index < -0.39 is 10.0 Å². The van der Waals surface area contributed by atoms with Crippen LogP contribution in [0.1, 0.15) is 11.1 Å². The summed E-state index contributed by atoms with van der Waals surface area (Å²) in [6.45, 7) is 4.19. The Bertz CT molecular complexity index is 1060. The van der Waals surface area contributed by atoms with E-state index in [2.05, 4.69) is 46.1 Å². The molecule has 0 bridgehead atoms. The summed E-state index contributed by atoms with van der Waals surface area (Å²) in [5.41, 5.74) is 3.93. The van der Waals surface area contributed by atoms with E-state index in [4.69, 9.17) is 0 Å². The Morgan fingerprint density at radius 1 is 0.897 bits per heavy atom. The van der Waals surface area contributed by atoms with E-state index >= 15 is 0 Å². The minimum atomic E-state index is -3.32. The van der Waals surface area contributed by atoms with Crippen molar-refractivity contribution in [1.82, 2.24) is 14.3 Å². The van der Waals surface area contributed by atoms with Crippen LogP contribution in [0.4, 0.5) is 5.82 Å². The van der Waals surface area contributed by atoms with Crippen molar-refractivity contribution < 1.29 is 8.42 Å². The van der Waals surface area contributed by atoms with Crippen molar-refractivity contribution in [2.24, 2.45) is 0 Å². The summed E-state index contributed by atoms with van der Waals surface area (Å²) in [5.74, 6) is 0.870. The Morgan fingerprint density at radius 2 is 1.59 bits per heavy atom. The zero-order valence-electron chi connectivity index (χ0n) is 16.4. The summed E-state index contributed by atoms with van der Waals surface area (Å²) in [6.07, 6.45) is 1.57. The summed E-state index contributed by atoms with van der Waals surface area (Å²) in [7, 11) is -3.32. The molecule has 2 aromatic carbocycles. The second kappa shape index (κ2) is 8.31. The van der Waals surface area contributed by atoms with E-state index in [-0.39, 0.29) is 5.75 Å². The molecular weight excluding hydrogens is 384 g/mol. The topological polar surface area (TPSA) is 66.4 Å². The third-order valence-electron chi connectivity index (χ3n) is 5.15. The van der Waals surface area contributed by atoms with Crippen LogP contribution in [0, 0.1) is 6.92 Å². The summed E-state index contributed by atoms with van der Waals surface area (Å²) >= 11 is 0. The van der Waals surface area contributed by atoms with E-state index in [1.54, 1.807) is 10.6 Å². The predicted molar refractivity (Wildman–Crippen MR) is 115 cm³/mol. The summed E-state index contributed by atoms with van der Waals surface area (Å²) < 4.78 is 27.1. The van der Waals surface area contributed by atoms with Crippen LogP contribution < -0.4 is 4.90 Å². The standard InChI is InChI=1S/C22H24N4O2S/c1-18-7-9-20(10-8-18)21-15-22(24-17-23-21)25-11-13-26(14-12-25)29(27,28)16-19-5-3-2-4-6-19/h2-10,15,17H,11-14,16H2,1H3. The van der Waals surface area contributed by atoms with Gasteiger partial charge in [0.05, 0.1) is 11.4 Å². The van der Waals surface area contributed by atoms with Crippen LogP contribution in [0.3, 0.4) is 0 Å². The zero-order valence-corrected chi connectivity index (χ0v) is 17.2. The van der Waals surface area contributed by atoms with E-state index in [0.717, 1.165) is 22.6 Å². The van der Waals surface area contributed by atoms with Gasteiger partial charge < -0.3 is 4.90 Å². The summed E-state index contributed by atoms with van der Waals surface area (Å²) in [5, 5.41) is 0. The first-order valence-electron chi connectivity index (χ1n) is 9.67. The molecule has 4 rings (SSSR count). The van der Waals surface area contributed by atoms with Gasteiger partial charge in [0.1, 0.15) is 12.1 Å². The van der Waals surface area contributed by atoms with Crippen molar-refractivity contribution in [3.8, 4) is 11.3 Å². The van der Waals surface area contributed by atoms with Gasteiger partial charge in [0.15, 0.2) is 0 Å². The number of piperazine rings is 1. The highest BCUT2D eigenvalue weighted by Crippen LogP contribution is 2.23. The van der Waals surface area contributed by atoms with Gasteiger partial charge in [-0.3, -0.25) is 0 Å². The molecule has 150 valence electrons. The second-order valence-electron chi connectivity index (χ2n) is 7.26.